The Balaban J connectivity index is 1.39. The van der Waals surface area contributed by atoms with E-state index in [4.69, 9.17) is 16.3 Å². The van der Waals surface area contributed by atoms with Crippen molar-refractivity contribution in [3.8, 4) is 0 Å². The molecule has 1 aliphatic rings. The van der Waals surface area contributed by atoms with E-state index in [0.717, 1.165) is 52.3 Å². The van der Waals surface area contributed by atoms with Gasteiger partial charge < -0.3 is 19.9 Å². The molecule has 1 saturated heterocycles. The highest BCUT2D eigenvalue weighted by atomic mass is 35.5. The summed E-state index contributed by atoms with van der Waals surface area (Å²) in [7, 11) is 0. The lowest BCUT2D eigenvalue weighted by atomic mass is 10.2. The Morgan fingerprint density at radius 1 is 1.21 bits per heavy atom. The molecule has 0 radical (unpaired) electrons. The van der Waals surface area contributed by atoms with Gasteiger partial charge in [0.05, 0.1) is 24.9 Å². The molecule has 174 valence electrons. The lowest BCUT2D eigenvalue weighted by Crippen LogP contribution is -2.25. The number of nitrogens with zero attached hydrogens (tertiary/aromatic N) is 3. The number of halogens is 1. The van der Waals surface area contributed by atoms with E-state index in [0.29, 0.717) is 19.6 Å². The van der Waals surface area contributed by atoms with Gasteiger partial charge in [-0.05, 0) is 43.0 Å². The lowest BCUT2D eigenvalue weighted by molar-refractivity contribution is -0.118. The smallest absolute Gasteiger partial charge is 0.230 e. The number of amides is 1. The van der Waals surface area contributed by atoms with Gasteiger partial charge in [0.25, 0.3) is 0 Å². The zero-order chi connectivity index (χ0) is 23.0. The highest BCUT2D eigenvalue weighted by molar-refractivity contribution is 7.99. The van der Waals surface area contributed by atoms with E-state index >= 15 is 0 Å². The Morgan fingerprint density at radius 3 is 2.82 bits per heavy atom. The number of anilines is 1. The minimum atomic E-state index is -0.0375. The van der Waals surface area contributed by atoms with Crippen LogP contribution in [0.3, 0.4) is 0 Å². The highest BCUT2D eigenvalue weighted by Crippen LogP contribution is 2.23. The summed E-state index contributed by atoms with van der Waals surface area (Å²) in [6, 6.07) is 15.8. The van der Waals surface area contributed by atoms with Gasteiger partial charge in [0.2, 0.25) is 5.91 Å². The quantitative estimate of drug-likeness (QED) is 0.413. The fraction of sp³-hybridized carbons (Fsp3) is 0.375. The molecule has 0 spiro atoms. The van der Waals surface area contributed by atoms with Gasteiger partial charge in [-0.1, -0.05) is 59.8 Å². The van der Waals surface area contributed by atoms with Crippen LogP contribution in [0.2, 0.25) is 5.02 Å². The lowest BCUT2D eigenvalue weighted by Gasteiger charge is -2.15. The zero-order valence-corrected chi connectivity index (χ0v) is 20.2. The molecule has 1 atom stereocenters. The van der Waals surface area contributed by atoms with Crippen molar-refractivity contribution in [1.29, 1.82) is 0 Å². The van der Waals surface area contributed by atoms with Crippen LogP contribution < -0.4 is 10.6 Å². The molecular formula is C24H28ClN5O2S. The number of aromatic nitrogens is 3. The van der Waals surface area contributed by atoms with Gasteiger partial charge in [-0.2, -0.15) is 0 Å². The Bertz CT molecular complexity index is 1070. The number of hydrogen-bond acceptors (Lipinski definition) is 6. The summed E-state index contributed by atoms with van der Waals surface area (Å²) in [4.78, 5) is 12.4. The number of nitrogens with one attached hydrogen (secondary N) is 2. The fourth-order valence-corrected chi connectivity index (χ4v) is 4.57. The van der Waals surface area contributed by atoms with E-state index in [1.807, 2.05) is 55.5 Å². The maximum absolute atomic E-state index is 12.4. The summed E-state index contributed by atoms with van der Waals surface area (Å²) in [5, 5.41) is 16.5. The van der Waals surface area contributed by atoms with Crippen LogP contribution in [0.15, 0.2) is 53.7 Å². The molecule has 2 N–H and O–H groups in total. The third-order valence-electron chi connectivity index (χ3n) is 5.49. The van der Waals surface area contributed by atoms with Crippen molar-refractivity contribution in [2.45, 2.75) is 50.7 Å². The van der Waals surface area contributed by atoms with Gasteiger partial charge in [-0.25, -0.2) is 0 Å². The molecule has 1 amide bonds. The summed E-state index contributed by atoms with van der Waals surface area (Å²) < 4.78 is 7.90. The zero-order valence-electron chi connectivity index (χ0n) is 18.6. The number of benzene rings is 2. The van der Waals surface area contributed by atoms with Gasteiger partial charge in [0.1, 0.15) is 0 Å². The Hall–Kier alpha value is -2.55. The second kappa shape index (κ2) is 11.5. The average molecular weight is 486 g/mol. The number of carbonyl (C=O) groups excluding carboxylic acids is 1. The molecule has 1 aliphatic heterocycles. The molecule has 4 rings (SSSR count). The van der Waals surface area contributed by atoms with Crippen LogP contribution in [0.25, 0.3) is 0 Å². The molecule has 2 aromatic carbocycles. The summed E-state index contributed by atoms with van der Waals surface area (Å²) in [6.45, 7) is 4.44. The number of carbonyl (C=O) groups is 1. The van der Waals surface area contributed by atoms with Crippen molar-refractivity contribution in [3.05, 3.63) is 70.5 Å². The van der Waals surface area contributed by atoms with E-state index in [1.165, 1.54) is 11.8 Å². The maximum atomic E-state index is 12.4. The van der Waals surface area contributed by atoms with Gasteiger partial charge in [0, 0.05) is 23.9 Å². The summed E-state index contributed by atoms with van der Waals surface area (Å²) in [5.74, 6) is 1.04. The van der Waals surface area contributed by atoms with Crippen molar-refractivity contribution >= 4 is 35.0 Å². The first-order valence-electron chi connectivity index (χ1n) is 11.1. The summed E-state index contributed by atoms with van der Waals surface area (Å²) in [6.07, 6.45) is 2.22. The number of ether oxygens (including phenoxy) is 1. The largest absolute Gasteiger partial charge is 0.378 e. The molecule has 0 aliphatic carbocycles. The van der Waals surface area contributed by atoms with Crippen LogP contribution >= 0.6 is 23.4 Å². The van der Waals surface area contributed by atoms with Crippen LogP contribution in [0.5, 0.6) is 0 Å². The van der Waals surface area contributed by atoms with E-state index in [1.54, 1.807) is 0 Å². The monoisotopic (exact) mass is 485 g/mol. The Kier molecular flexibility index (Phi) is 8.25. The topological polar surface area (TPSA) is 81.1 Å². The second-order valence-corrected chi connectivity index (χ2v) is 9.36. The minimum Gasteiger partial charge on any atom is -0.378 e. The molecule has 2 heterocycles. The maximum Gasteiger partial charge on any atom is 0.230 e. The van der Waals surface area contributed by atoms with Crippen molar-refractivity contribution in [2.24, 2.45) is 0 Å². The standard InChI is InChI=1S/C24H28ClN5O2S/c1-17-9-10-19(12-21(17)25)26-14-22-28-29-24(30(22)15-20-8-5-11-32-20)33-16-23(31)27-13-18-6-3-2-4-7-18/h2-4,6-7,9-10,12,20,26H,5,8,11,13-16H2,1H3,(H,27,31)/t20-/m0/s1. The first-order chi connectivity index (χ1) is 16.1. The molecule has 0 saturated carbocycles. The van der Waals surface area contributed by atoms with Crippen molar-refractivity contribution in [3.63, 3.8) is 0 Å². The van der Waals surface area contributed by atoms with Crippen LogP contribution in [0.1, 0.15) is 29.8 Å². The predicted molar refractivity (Wildman–Crippen MR) is 132 cm³/mol. The average Bonchev–Trinajstić information content (AvgIpc) is 3.48. The first kappa shape index (κ1) is 23.6. The fourth-order valence-electron chi connectivity index (χ4n) is 3.59. The van der Waals surface area contributed by atoms with E-state index in [9.17, 15) is 4.79 Å². The number of thioether (sulfide) groups is 1. The van der Waals surface area contributed by atoms with Crippen LogP contribution in [-0.4, -0.2) is 39.1 Å². The van der Waals surface area contributed by atoms with Crippen LogP contribution in [0, 0.1) is 6.92 Å². The minimum absolute atomic E-state index is 0.0375. The molecule has 3 aromatic rings. The molecule has 9 heteroatoms. The highest BCUT2D eigenvalue weighted by Gasteiger charge is 2.21. The molecule has 33 heavy (non-hydrogen) atoms. The molecule has 1 aromatic heterocycles. The number of hydrogen-bond donors (Lipinski definition) is 2. The van der Waals surface area contributed by atoms with Crippen LogP contribution in [-0.2, 0) is 29.2 Å². The predicted octanol–water partition coefficient (Wildman–Crippen LogP) is 4.44. The summed E-state index contributed by atoms with van der Waals surface area (Å²) >= 11 is 7.64. The Morgan fingerprint density at radius 2 is 2.06 bits per heavy atom. The molecule has 7 nitrogen and oxygen atoms in total. The first-order valence-corrected chi connectivity index (χ1v) is 12.4. The third kappa shape index (κ3) is 6.72. The van der Waals surface area contributed by atoms with Crippen LogP contribution in [0.4, 0.5) is 5.69 Å². The third-order valence-corrected chi connectivity index (χ3v) is 6.86. The molecular weight excluding hydrogens is 458 g/mol. The number of rotatable bonds is 10. The Labute approximate surface area is 203 Å². The van der Waals surface area contributed by atoms with Crippen molar-refractivity contribution < 1.29 is 9.53 Å². The van der Waals surface area contributed by atoms with Gasteiger partial charge in [-0.3, -0.25) is 4.79 Å². The van der Waals surface area contributed by atoms with E-state index < -0.39 is 0 Å². The second-order valence-electron chi connectivity index (χ2n) is 8.01. The molecule has 0 bridgehead atoms. The van der Waals surface area contributed by atoms with Gasteiger partial charge in [0.15, 0.2) is 11.0 Å². The normalized spacial score (nSPS) is 15.5. The molecule has 0 unspecified atom stereocenters. The van der Waals surface area contributed by atoms with Gasteiger partial charge in [-0.15, -0.1) is 10.2 Å². The van der Waals surface area contributed by atoms with Gasteiger partial charge >= 0.3 is 0 Å². The SMILES string of the molecule is Cc1ccc(NCc2nnc(SCC(=O)NCc3ccccc3)n2C[C@@H]2CCCO2)cc1Cl. The van der Waals surface area contributed by atoms with E-state index in [-0.39, 0.29) is 17.8 Å². The molecule has 1 fully saturated rings. The van der Waals surface area contributed by atoms with E-state index in [2.05, 4.69) is 25.4 Å². The summed E-state index contributed by atoms with van der Waals surface area (Å²) in [5.41, 5.74) is 3.03. The number of aryl methyl sites for hydroxylation is 1. The van der Waals surface area contributed by atoms with Crippen molar-refractivity contribution in [1.82, 2.24) is 20.1 Å². The van der Waals surface area contributed by atoms with Crippen molar-refractivity contribution in [2.75, 3.05) is 17.7 Å².